The number of thiophene rings is 1. The minimum atomic E-state index is 0.193. The van der Waals surface area contributed by atoms with Gasteiger partial charge in [-0.1, -0.05) is 12.1 Å². The summed E-state index contributed by atoms with van der Waals surface area (Å²) < 4.78 is 6.44. The van der Waals surface area contributed by atoms with E-state index in [1.807, 2.05) is 24.4 Å². The van der Waals surface area contributed by atoms with Gasteiger partial charge in [-0.2, -0.15) is 0 Å². The standard InChI is InChI=1S/C16H16N2OS/c1-11(12-3-5-13(19-2)6-4-12)18-16-14-8-10-20-15(14)7-9-17-16/h3-11H,1-2H3,(H,17,18). The summed E-state index contributed by atoms with van der Waals surface area (Å²) in [5, 5.41) is 6.75. The Hall–Kier alpha value is -2.07. The maximum Gasteiger partial charge on any atom is 0.135 e. The van der Waals surface area contributed by atoms with Gasteiger partial charge in [-0.05, 0) is 42.1 Å². The van der Waals surface area contributed by atoms with Crippen LogP contribution in [0.15, 0.2) is 48.0 Å². The number of nitrogens with zero attached hydrogens (tertiary/aromatic N) is 1. The smallest absolute Gasteiger partial charge is 0.135 e. The van der Waals surface area contributed by atoms with Crippen LogP contribution in [0.5, 0.6) is 5.75 Å². The van der Waals surface area contributed by atoms with Crippen molar-refractivity contribution < 1.29 is 4.74 Å². The number of aromatic nitrogens is 1. The summed E-state index contributed by atoms with van der Waals surface area (Å²) in [6.07, 6.45) is 1.85. The van der Waals surface area contributed by atoms with Gasteiger partial charge in [-0.15, -0.1) is 11.3 Å². The maximum absolute atomic E-state index is 5.18. The first-order valence-electron chi connectivity index (χ1n) is 6.50. The predicted octanol–water partition coefficient (Wildman–Crippen LogP) is 4.48. The normalized spacial score (nSPS) is 12.3. The molecule has 3 rings (SSSR count). The molecule has 3 aromatic rings. The van der Waals surface area contributed by atoms with Crippen LogP contribution in [0.1, 0.15) is 18.5 Å². The second kappa shape index (κ2) is 5.51. The Balaban J connectivity index is 1.84. The first kappa shape index (κ1) is 12.9. The third-order valence-corrected chi connectivity index (χ3v) is 4.23. The molecule has 0 radical (unpaired) electrons. The topological polar surface area (TPSA) is 34.1 Å². The molecule has 0 saturated carbocycles. The van der Waals surface area contributed by atoms with Gasteiger partial charge in [0.1, 0.15) is 11.6 Å². The lowest BCUT2D eigenvalue weighted by Crippen LogP contribution is -2.07. The summed E-state index contributed by atoms with van der Waals surface area (Å²) in [6.45, 7) is 2.13. The molecule has 1 atom stereocenters. The summed E-state index contributed by atoms with van der Waals surface area (Å²) in [5.41, 5.74) is 1.21. The molecule has 1 aromatic carbocycles. The molecule has 2 heterocycles. The minimum absolute atomic E-state index is 0.193. The van der Waals surface area contributed by atoms with Crippen molar-refractivity contribution in [3.63, 3.8) is 0 Å². The van der Waals surface area contributed by atoms with E-state index in [0.29, 0.717) is 0 Å². The number of ether oxygens (including phenoxy) is 1. The fourth-order valence-electron chi connectivity index (χ4n) is 2.19. The Labute approximate surface area is 122 Å². The monoisotopic (exact) mass is 284 g/mol. The summed E-state index contributed by atoms with van der Waals surface area (Å²) in [5.74, 6) is 1.81. The largest absolute Gasteiger partial charge is 0.497 e. The van der Waals surface area contributed by atoms with Crippen LogP contribution in [-0.4, -0.2) is 12.1 Å². The molecule has 0 aliphatic carbocycles. The number of hydrogen-bond acceptors (Lipinski definition) is 4. The highest BCUT2D eigenvalue weighted by atomic mass is 32.1. The molecule has 2 aromatic heterocycles. The van der Waals surface area contributed by atoms with E-state index >= 15 is 0 Å². The van der Waals surface area contributed by atoms with Gasteiger partial charge in [0.25, 0.3) is 0 Å². The molecular weight excluding hydrogens is 268 g/mol. The lowest BCUT2D eigenvalue weighted by atomic mass is 10.1. The Morgan fingerprint density at radius 2 is 1.95 bits per heavy atom. The van der Waals surface area contributed by atoms with Crippen LogP contribution in [0.4, 0.5) is 5.82 Å². The summed E-state index contributed by atoms with van der Waals surface area (Å²) in [7, 11) is 1.68. The first-order chi connectivity index (χ1) is 9.78. The van der Waals surface area contributed by atoms with Gasteiger partial charge in [0, 0.05) is 22.3 Å². The van der Waals surface area contributed by atoms with Crippen LogP contribution in [0.25, 0.3) is 10.1 Å². The number of hydrogen-bond donors (Lipinski definition) is 1. The number of rotatable bonds is 4. The Morgan fingerprint density at radius 3 is 2.70 bits per heavy atom. The van der Waals surface area contributed by atoms with Crippen molar-refractivity contribution in [2.24, 2.45) is 0 Å². The van der Waals surface area contributed by atoms with Gasteiger partial charge in [0.15, 0.2) is 0 Å². The molecule has 0 aliphatic rings. The predicted molar refractivity (Wildman–Crippen MR) is 84.7 cm³/mol. The van der Waals surface area contributed by atoms with Gasteiger partial charge in [-0.3, -0.25) is 0 Å². The van der Waals surface area contributed by atoms with Gasteiger partial charge < -0.3 is 10.1 Å². The fourth-order valence-corrected chi connectivity index (χ4v) is 2.97. The van der Waals surface area contributed by atoms with E-state index in [0.717, 1.165) is 11.6 Å². The van der Waals surface area contributed by atoms with Crippen molar-refractivity contribution in [2.75, 3.05) is 12.4 Å². The zero-order valence-corrected chi connectivity index (χ0v) is 12.3. The lowest BCUT2D eigenvalue weighted by molar-refractivity contribution is 0.414. The average Bonchev–Trinajstić information content (AvgIpc) is 2.97. The quantitative estimate of drug-likeness (QED) is 0.767. The van der Waals surface area contributed by atoms with Gasteiger partial charge in [0.05, 0.1) is 7.11 Å². The van der Waals surface area contributed by atoms with Crippen molar-refractivity contribution in [2.45, 2.75) is 13.0 Å². The molecule has 0 amide bonds. The summed E-state index contributed by atoms with van der Waals surface area (Å²) in [4.78, 5) is 4.45. The van der Waals surface area contributed by atoms with E-state index in [9.17, 15) is 0 Å². The molecule has 0 fully saturated rings. The molecule has 0 aliphatic heterocycles. The van der Waals surface area contributed by atoms with Gasteiger partial charge in [0.2, 0.25) is 0 Å². The van der Waals surface area contributed by atoms with Crippen LogP contribution in [0.3, 0.4) is 0 Å². The van der Waals surface area contributed by atoms with Crippen LogP contribution in [-0.2, 0) is 0 Å². The van der Waals surface area contributed by atoms with Crippen molar-refractivity contribution in [3.05, 3.63) is 53.5 Å². The third kappa shape index (κ3) is 2.47. The molecule has 0 saturated heterocycles. The number of fused-ring (bicyclic) bond motifs is 1. The lowest BCUT2D eigenvalue weighted by Gasteiger charge is -2.16. The van der Waals surface area contributed by atoms with E-state index in [4.69, 9.17) is 4.74 Å². The van der Waals surface area contributed by atoms with E-state index in [1.54, 1.807) is 18.4 Å². The van der Waals surface area contributed by atoms with E-state index in [2.05, 4.69) is 40.8 Å². The highest BCUT2D eigenvalue weighted by Crippen LogP contribution is 2.28. The Bertz CT molecular complexity index is 706. The van der Waals surface area contributed by atoms with Gasteiger partial charge >= 0.3 is 0 Å². The SMILES string of the molecule is COc1ccc(C(C)Nc2nccc3sccc23)cc1. The molecular formula is C16H16N2OS. The van der Waals surface area contributed by atoms with Crippen LogP contribution in [0.2, 0.25) is 0 Å². The molecule has 1 unspecified atom stereocenters. The fraction of sp³-hybridized carbons (Fsp3) is 0.188. The number of pyridine rings is 1. The third-order valence-electron chi connectivity index (χ3n) is 3.35. The molecule has 102 valence electrons. The zero-order chi connectivity index (χ0) is 13.9. The minimum Gasteiger partial charge on any atom is -0.497 e. The van der Waals surface area contributed by atoms with E-state index in [1.165, 1.54) is 15.6 Å². The van der Waals surface area contributed by atoms with Crippen molar-refractivity contribution in [3.8, 4) is 5.75 Å². The maximum atomic E-state index is 5.18. The van der Waals surface area contributed by atoms with Crippen LogP contribution in [0, 0.1) is 0 Å². The van der Waals surface area contributed by atoms with Crippen LogP contribution < -0.4 is 10.1 Å². The number of nitrogens with one attached hydrogen (secondary N) is 1. The van der Waals surface area contributed by atoms with Crippen LogP contribution >= 0.6 is 11.3 Å². The second-order valence-electron chi connectivity index (χ2n) is 4.63. The Kier molecular flexibility index (Phi) is 3.56. The van der Waals surface area contributed by atoms with Crippen molar-refractivity contribution in [1.29, 1.82) is 0 Å². The molecule has 3 nitrogen and oxygen atoms in total. The molecule has 0 spiro atoms. The summed E-state index contributed by atoms with van der Waals surface area (Å²) in [6, 6.07) is 12.4. The molecule has 1 N–H and O–H groups in total. The van der Waals surface area contributed by atoms with Crippen molar-refractivity contribution in [1.82, 2.24) is 4.98 Å². The number of benzene rings is 1. The second-order valence-corrected chi connectivity index (χ2v) is 5.58. The summed E-state index contributed by atoms with van der Waals surface area (Å²) >= 11 is 1.73. The number of anilines is 1. The van der Waals surface area contributed by atoms with E-state index in [-0.39, 0.29) is 6.04 Å². The molecule has 20 heavy (non-hydrogen) atoms. The first-order valence-corrected chi connectivity index (χ1v) is 7.38. The molecule has 0 bridgehead atoms. The highest BCUT2D eigenvalue weighted by molar-refractivity contribution is 7.17. The average molecular weight is 284 g/mol. The van der Waals surface area contributed by atoms with Gasteiger partial charge in [-0.25, -0.2) is 4.98 Å². The Morgan fingerprint density at radius 1 is 1.15 bits per heavy atom. The highest BCUT2D eigenvalue weighted by Gasteiger charge is 2.09. The van der Waals surface area contributed by atoms with E-state index < -0.39 is 0 Å². The molecule has 4 heteroatoms. The zero-order valence-electron chi connectivity index (χ0n) is 11.5. The van der Waals surface area contributed by atoms with Crippen molar-refractivity contribution >= 4 is 27.2 Å². The number of methoxy groups -OCH3 is 1.